The summed E-state index contributed by atoms with van der Waals surface area (Å²) in [5.41, 5.74) is 7.55. The number of hydrogen-bond donors (Lipinski definition) is 1. The lowest BCUT2D eigenvalue weighted by molar-refractivity contribution is 0.0994. The van der Waals surface area contributed by atoms with E-state index in [1.54, 1.807) is 43.3 Å². The predicted molar refractivity (Wildman–Crippen MR) is 84.3 cm³/mol. The minimum atomic E-state index is -0.164. The van der Waals surface area contributed by atoms with Crippen molar-refractivity contribution in [1.29, 1.82) is 0 Å². The summed E-state index contributed by atoms with van der Waals surface area (Å²) in [4.78, 5) is 14.0. The van der Waals surface area contributed by atoms with Crippen LogP contribution >= 0.6 is 15.9 Å². The van der Waals surface area contributed by atoms with Gasteiger partial charge in [-0.05, 0) is 30.3 Å². The summed E-state index contributed by atoms with van der Waals surface area (Å²) in [5, 5.41) is 0. The quantitative estimate of drug-likeness (QED) is 0.876. The number of carbonyl (C=O) groups is 1. The summed E-state index contributed by atoms with van der Waals surface area (Å²) in [6.07, 6.45) is 0. The van der Waals surface area contributed by atoms with Crippen LogP contribution in [0.15, 0.2) is 46.9 Å². The standard InChI is InChI=1S/C15H15BrN2O2/c1-18(11-4-3-5-12(9-11)20-2)15(19)13-7-6-10(16)8-14(13)17/h3-9H,17H2,1-2H3. The SMILES string of the molecule is COc1cccc(N(C)C(=O)c2ccc(Br)cc2N)c1. The van der Waals surface area contributed by atoms with Crippen molar-refractivity contribution < 1.29 is 9.53 Å². The minimum absolute atomic E-state index is 0.164. The summed E-state index contributed by atoms with van der Waals surface area (Å²) < 4.78 is 6.00. The molecule has 20 heavy (non-hydrogen) atoms. The molecule has 4 nitrogen and oxygen atoms in total. The van der Waals surface area contributed by atoms with E-state index in [9.17, 15) is 4.79 Å². The van der Waals surface area contributed by atoms with Crippen molar-refractivity contribution in [2.45, 2.75) is 0 Å². The molecule has 0 heterocycles. The molecule has 0 unspecified atom stereocenters. The minimum Gasteiger partial charge on any atom is -0.497 e. The molecule has 0 fully saturated rings. The summed E-state index contributed by atoms with van der Waals surface area (Å²) in [5.74, 6) is 0.536. The van der Waals surface area contributed by atoms with Crippen molar-refractivity contribution in [3.63, 3.8) is 0 Å². The highest BCUT2D eigenvalue weighted by atomic mass is 79.9. The zero-order chi connectivity index (χ0) is 14.7. The summed E-state index contributed by atoms with van der Waals surface area (Å²) >= 11 is 3.32. The van der Waals surface area contributed by atoms with E-state index in [0.29, 0.717) is 17.0 Å². The second kappa shape index (κ2) is 5.96. The first-order valence-electron chi connectivity index (χ1n) is 6.00. The number of hydrogen-bond acceptors (Lipinski definition) is 3. The molecule has 2 N–H and O–H groups in total. The van der Waals surface area contributed by atoms with Gasteiger partial charge in [0, 0.05) is 29.0 Å². The third-order valence-corrected chi connectivity index (χ3v) is 3.48. The molecule has 104 valence electrons. The number of ether oxygens (including phenoxy) is 1. The first-order chi connectivity index (χ1) is 9.52. The van der Waals surface area contributed by atoms with E-state index in [1.165, 1.54) is 0 Å². The first kappa shape index (κ1) is 14.4. The van der Waals surface area contributed by atoms with Crippen LogP contribution in [0.5, 0.6) is 5.75 Å². The largest absolute Gasteiger partial charge is 0.497 e. The van der Waals surface area contributed by atoms with E-state index >= 15 is 0 Å². The second-order valence-electron chi connectivity index (χ2n) is 4.30. The Morgan fingerprint density at radius 1 is 1.25 bits per heavy atom. The molecule has 0 bridgehead atoms. The van der Waals surface area contributed by atoms with E-state index in [4.69, 9.17) is 10.5 Å². The van der Waals surface area contributed by atoms with Crippen molar-refractivity contribution >= 4 is 33.2 Å². The van der Waals surface area contributed by atoms with Gasteiger partial charge in [-0.25, -0.2) is 0 Å². The molecule has 2 aromatic rings. The molecule has 0 radical (unpaired) electrons. The van der Waals surface area contributed by atoms with E-state index in [1.807, 2.05) is 18.2 Å². The number of carbonyl (C=O) groups excluding carboxylic acids is 1. The predicted octanol–water partition coefficient (Wildman–Crippen LogP) is 3.32. The van der Waals surface area contributed by atoms with E-state index in [-0.39, 0.29) is 5.91 Å². The molecule has 5 heteroatoms. The molecule has 1 amide bonds. The Hall–Kier alpha value is -2.01. The van der Waals surface area contributed by atoms with Crippen LogP contribution in [0, 0.1) is 0 Å². The molecule has 0 atom stereocenters. The molecule has 0 aliphatic carbocycles. The lowest BCUT2D eigenvalue weighted by atomic mass is 10.1. The Morgan fingerprint density at radius 3 is 2.65 bits per heavy atom. The summed E-state index contributed by atoms with van der Waals surface area (Å²) in [7, 11) is 3.30. The number of benzene rings is 2. The van der Waals surface area contributed by atoms with Gasteiger partial charge in [0.2, 0.25) is 0 Å². The average molecular weight is 335 g/mol. The maximum absolute atomic E-state index is 12.5. The van der Waals surface area contributed by atoms with Crippen molar-refractivity contribution in [3.8, 4) is 5.75 Å². The Bertz CT molecular complexity index is 644. The molecule has 0 spiro atoms. The smallest absolute Gasteiger partial charge is 0.260 e. The van der Waals surface area contributed by atoms with Gasteiger partial charge >= 0.3 is 0 Å². The molecule has 2 aromatic carbocycles. The van der Waals surface area contributed by atoms with E-state index in [0.717, 1.165) is 10.2 Å². The van der Waals surface area contributed by atoms with Gasteiger partial charge in [0.1, 0.15) is 5.75 Å². The van der Waals surface area contributed by atoms with Gasteiger partial charge in [0.25, 0.3) is 5.91 Å². The summed E-state index contributed by atoms with van der Waals surface area (Å²) in [6, 6.07) is 12.5. The normalized spacial score (nSPS) is 10.2. The topological polar surface area (TPSA) is 55.6 Å². The Morgan fingerprint density at radius 2 is 2.00 bits per heavy atom. The van der Waals surface area contributed by atoms with Gasteiger partial charge in [-0.15, -0.1) is 0 Å². The fourth-order valence-electron chi connectivity index (χ4n) is 1.85. The van der Waals surface area contributed by atoms with Crippen LogP contribution in [0.25, 0.3) is 0 Å². The third kappa shape index (κ3) is 2.93. The highest BCUT2D eigenvalue weighted by molar-refractivity contribution is 9.10. The van der Waals surface area contributed by atoms with Crippen LogP contribution in [0.2, 0.25) is 0 Å². The lowest BCUT2D eigenvalue weighted by Gasteiger charge is -2.19. The maximum atomic E-state index is 12.5. The second-order valence-corrected chi connectivity index (χ2v) is 5.21. The number of rotatable bonds is 3. The molecular formula is C15H15BrN2O2. The van der Waals surface area contributed by atoms with Crippen molar-refractivity contribution in [2.24, 2.45) is 0 Å². The zero-order valence-corrected chi connectivity index (χ0v) is 12.8. The molecular weight excluding hydrogens is 320 g/mol. The number of halogens is 1. The highest BCUT2D eigenvalue weighted by Gasteiger charge is 2.16. The fourth-order valence-corrected chi connectivity index (χ4v) is 2.22. The maximum Gasteiger partial charge on any atom is 0.260 e. The van der Waals surface area contributed by atoms with Crippen LogP contribution in [-0.2, 0) is 0 Å². The van der Waals surface area contributed by atoms with E-state index < -0.39 is 0 Å². The van der Waals surface area contributed by atoms with Gasteiger partial charge in [-0.1, -0.05) is 22.0 Å². The average Bonchev–Trinajstić information content (AvgIpc) is 2.46. The Labute approximate surface area is 126 Å². The van der Waals surface area contributed by atoms with Crippen LogP contribution in [0.3, 0.4) is 0 Å². The van der Waals surface area contributed by atoms with Crippen LogP contribution in [0.4, 0.5) is 11.4 Å². The van der Waals surface area contributed by atoms with Gasteiger partial charge in [-0.3, -0.25) is 4.79 Å². The number of amides is 1. The van der Waals surface area contributed by atoms with Gasteiger partial charge < -0.3 is 15.4 Å². The Kier molecular flexibility index (Phi) is 4.29. The van der Waals surface area contributed by atoms with Crippen LogP contribution < -0.4 is 15.4 Å². The van der Waals surface area contributed by atoms with E-state index in [2.05, 4.69) is 15.9 Å². The van der Waals surface area contributed by atoms with Crippen molar-refractivity contribution in [3.05, 3.63) is 52.5 Å². The number of nitrogens with two attached hydrogens (primary N) is 1. The lowest BCUT2D eigenvalue weighted by Crippen LogP contribution is -2.27. The molecule has 2 rings (SSSR count). The molecule has 0 aliphatic rings. The summed E-state index contributed by atoms with van der Waals surface area (Å²) in [6.45, 7) is 0. The molecule has 0 saturated heterocycles. The van der Waals surface area contributed by atoms with Crippen molar-refractivity contribution in [2.75, 3.05) is 24.8 Å². The van der Waals surface area contributed by atoms with Crippen molar-refractivity contribution in [1.82, 2.24) is 0 Å². The van der Waals surface area contributed by atoms with Gasteiger partial charge in [0.15, 0.2) is 0 Å². The number of nitrogen functional groups attached to an aromatic ring is 1. The van der Waals surface area contributed by atoms with Gasteiger partial charge in [0.05, 0.1) is 12.7 Å². The first-order valence-corrected chi connectivity index (χ1v) is 6.79. The van der Waals surface area contributed by atoms with Gasteiger partial charge in [-0.2, -0.15) is 0 Å². The highest BCUT2D eigenvalue weighted by Crippen LogP contribution is 2.24. The number of nitrogens with zero attached hydrogens (tertiary/aromatic N) is 1. The Balaban J connectivity index is 2.32. The number of methoxy groups -OCH3 is 1. The molecule has 0 aliphatic heterocycles. The molecule has 0 aromatic heterocycles. The number of anilines is 2. The third-order valence-electron chi connectivity index (χ3n) is 2.99. The fraction of sp³-hybridized carbons (Fsp3) is 0.133. The zero-order valence-electron chi connectivity index (χ0n) is 11.3. The monoisotopic (exact) mass is 334 g/mol. The van der Waals surface area contributed by atoms with Crippen LogP contribution in [0.1, 0.15) is 10.4 Å². The molecule has 0 saturated carbocycles. The van der Waals surface area contributed by atoms with Crippen LogP contribution in [-0.4, -0.2) is 20.1 Å².